The second-order valence-electron chi connectivity index (χ2n) is 4.99. The van der Waals surface area contributed by atoms with E-state index in [0.29, 0.717) is 10.6 Å². The van der Waals surface area contributed by atoms with Crippen molar-refractivity contribution in [2.75, 3.05) is 18.5 Å². The van der Waals surface area contributed by atoms with Gasteiger partial charge in [0.25, 0.3) is 11.8 Å². The number of aryl methyl sites for hydroxylation is 1. The highest BCUT2D eigenvalue weighted by molar-refractivity contribution is 7.17. The van der Waals surface area contributed by atoms with Crippen molar-refractivity contribution >= 4 is 34.3 Å². The lowest BCUT2D eigenvalue weighted by Crippen LogP contribution is -2.27. The summed E-state index contributed by atoms with van der Waals surface area (Å²) in [6, 6.07) is 5.25. The van der Waals surface area contributed by atoms with Gasteiger partial charge in [0.05, 0.1) is 12.2 Å². The second-order valence-corrected chi connectivity index (χ2v) is 5.99. The van der Waals surface area contributed by atoms with Gasteiger partial charge < -0.3 is 10.1 Å². The Balaban J connectivity index is 1.98. The van der Waals surface area contributed by atoms with Crippen LogP contribution in [-0.4, -0.2) is 35.9 Å². The lowest BCUT2D eigenvalue weighted by molar-refractivity contribution is -0.140. The van der Waals surface area contributed by atoms with Crippen molar-refractivity contribution < 1.29 is 23.5 Å². The molecule has 2 amide bonds. The highest BCUT2D eigenvalue weighted by Gasteiger charge is 2.17. The molecule has 1 aromatic carbocycles. The third-order valence-electron chi connectivity index (χ3n) is 3.00. The molecular weight excluding hydrogens is 349 g/mol. The predicted octanol–water partition coefficient (Wildman–Crippen LogP) is 2.14. The molecule has 0 radical (unpaired) electrons. The number of amides is 2. The molecule has 0 aliphatic carbocycles. The van der Waals surface area contributed by atoms with Crippen LogP contribution in [0.4, 0.5) is 9.52 Å². The summed E-state index contributed by atoms with van der Waals surface area (Å²) in [6.45, 7) is 3.15. The van der Waals surface area contributed by atoms with Crippen molar-refractivity contribution in [3.63, 3.8) is 0 Å². The molecule has 1 heterocycles. The van der Waals surface area contributed by atoms with E-state index in [1.54, 1.807) is 6.92 Å². The predicted molar refractivity (Wildman–Crippen MR) is 90.2 cm³/mol. The number of aromatic nitrogens is 1. The molecule has 2 rings (SSSR count). The van der Waals surface area contributed by atoms with E-state index >= 15 is 0 Å². The van der Waals surface area contributed by atoms with Crippen molar-refractivity contribution in [1.29, 1.82) is 0 Å². The largest absolute Gasteiger partial charge is 0.464 e. The highest BCUT2D eigenvalue weighted by Crippen LogP contribution is 2.23. The number of rotatable bonds is 6. The summed E-state index contributed by atoms with van der Waals surface area (Å²) in [5.41, 5.74) is 0.602. The van der Waals surface area contributed by atoms with Gasteiger partial charge in [0, 0.05) is 12.5 Å². The molecular formula is C16H16FN3O4S. The molecule has 9 heteroatoms. The van der Waals surface area contributed by atoms with E-state index in [-0.39, 0.29) is 29.8 Å². The van der Waals surface area contributed by atoms with Gasteiger partial charge in [0.2, 0.25) is 0 Å². The number of halogens is 1. The van der Waals surface area contributed by atoms with Crippen LogP contribution in [0.5, 0.6) is 0 Å². The van der Waals surface area contributed by atoms with Gasteiger partial charge in [-0.2, -0.15) is 0 Å². The van der Waals surface area contributed by atoms with Crippen molar-refractivity contribution in [3.8, 4) is 0 Å². The number of hydrogen-bond acceptors (Lipinski definition) is 6. The number of carbonyl (C=O) groups excluding carboxylic acids is 3. The van der Waals surface area contributed by atoms with Crippen LogP contribution < -0.4 is 10.6 Å². The number of anilines is 1. The molecule has 0 fully saturated rings. The molecule has 25 heavy (non-hydrogen) atoms. The minimum absolute atomic E-state index is 0.0715. The van der Waals surface area contributed by atoms with Crippen molar-refractivity contribution in [2.45, 2.75) is 13.8 Å². The SMILES string of the molecule is CC(=O)OCCNC(=O)c1sc(NC(=O)c2cccc(F)c2)nc1C. The molecule has 0 bridgehead atoms. The van der Waals surface area contributed by atoms with Crippen LogP contribution in [0.2, 0.25) is 0 Å². The molecule has 0 spiro atoms. The summed E-state index contributed by atoms with van der Waals surface area (Å²) in [7, 11) is 0. The Hall–Kier alpha value is -2.81. The fourth-order valence-electron chi connectivity index (χ4n) is 1.90. The topological polar surface area (TPSA) is 97.4 Å². The Labute approximate surface area is 147 Å². The Bertz CT molecular complexity index is 806. The minimum atomic E-state index is -0.518. The minimum Gasteiger partial charge on any atom is -0.464 e. The van der Waals surface area contributed by atoms with E-state index in [2.05, 4.69) is 15.6 Å². The van der Waals surface area contributed by atoms with E-state index in [1.165, 1.54) is 25.1 Å². The smallest absolute Gasteiger partial charge is 0.302 e. The molecule has 2 N–H and O–H groups in total. The van der Waals surface area contributed by atoms with Crippen LogP contribution >= 0.6 is 11.3 Å². The van der Waals surface area contributed by atoms with E-state index < -0.39 is 17.7 Å². The monoisotopic (exact) mass is 365 g/mol. The molecule has 0 aliphatic heterocycles. The van der Waals surface area contributed by atoms with Gasteiger partial charge in [0.15, 0.2) is 5.13 Å². The summed E-state index contributed by atoms with van der Waals surface area (Å²) >= 11 is 1.00. The van der Waals surface area contributed by atoms with Crippen molar-refractivity contribution in [2.24, 2.45) is 0 Å². The first-order valence-corrected chi connectivity index (χ1v) is 8.14. The quantitative estimate of drug-likeness (QED) is 0.604. The van der Waals surface area contributed by atoms with Crippen LogP contribution in [0.1, 0.15) is 32.6 Å². The van der Waals surface area contributed by atoms with Crippen molar-refractivity contribution in [1.82, 2.24) is 10.3 Å². The van der Waals surface area contributed by atoms with Crippen LogP contribution in [0.15, 0.2) is 24.3 Å². The van der Waals surface area contributed by atoms with E-state index in [1.807, 2.05) is 0 Å². The number of thiazole rings is 1. The molecule has 0 aliphatic rings. The standard InChI is InChI=1S/C16H16FN3O4S/c1-9-13(15(23)18-6-7-24-10(2)21)25-16(19-9)20-14(22)11-4-3-5-12(17)8-11/h3-5,8H,6-7H2,1-2H3,(H,18,23)(H,19,20,22). The molecule has 2 aromatic rings. The first kappa shape index (κ1) is 18.5. The number of hydrogen-bond donors (Lipinski definition) is 2. The third-order valence-corrected chi connectivity index (χ3v) is 4.07. The lowest BCUT2D eigenvalue weighted by Gasteiger charge is -2.04. The van der Waals surface area contributed by atoms with Crippen LogP contribution in [0.25, 0.3) is 0 Å². The summed E-state index contributed by atoms with van der Waals surface area (Å²) in [5.74, 6) is -1.84. The molecule has 0 saturated carbocycles. The number of esters is 1. The van der Waals surface area contributed by atoms with Crippen LogP contribution in [0, 0.1) is 12.7 Å². The fraction of sp³-hybridized carbons (Fsp3) is 0.250. The van der Waals surface area contributed by atoms with Crippen LogP contribution in [0.3, 0.4) is 0 Å². The van der Waals surface area contributed by atoms with Gasteiger partial charge in [-0.1, -0.05) is 17.4 Å². The Kier molecular flexibility index (Phi) is 6.18. The van der Waals surface area contributed by atoms with E-state index in [9.17, 15) is 18.8 Å². The molecule has 132 valence electrons. The Morgan fingerprint density at radius 3 is 2.72 bits per heavy atom. The molecule has 0 atom stereocenters. The lowest BCUT2D eigenvalue weighted by atomic mass is 10.2. The Morgan fingerprint density at radius 2 is 2.04 bits per heavy atom. The first-order valence-electron chi connectivity index (χ1n) is 7.32. The van der Waals surface area contributed by atoms with Gasteiger partial charge in [-0.25, -0.2) is 9.37 Å². The number of ether oxygens (including phenoxy) is 1. The molecule has 1 aromatic heterocycles. The number of nitrogens with one attached hydrogen (secondary N) is 2. The molecule has 7 nitrogen and oxygen atoms in total. The first-order chi connectivity index (χ1) is 11.9. The van der Waals surface area contributed by atoms with Crippen LogP contribution in [-0.2, 0) is 9.53 Å². The third kappa shape index (κ3) is 5.35. The summed E-state index contributed by atoms with van der Waals surface area (Å²) in [5, 5.41) is 5.36. The van der Waals surface area contributed by atoms with E-state index in [0.717, 1.165) is 17.4 Å². The maximum Gasteiger partial charge on any atom is 0.302 e. The number of carbonyl (C=O) groups is 3. The number of nitrogens with zero attached hydrogens (tertiary/aromatic N) is 1. The highest BCUT2D eigenvalue weighted by atomic mass is 32.1. The molecule has 0 saturated heterocycles. The fourth-order valence-corrected chi connectivity index (χ4v) is 2.78. The number of benzene rings is 1. The summed E-state index contributed by atoms with van der Waals surface area (Å²) < 4.78 is 17.9. The second kappa shape index (κ2) is 8.34. The van der Waals surface area contributed by atoms with E-state index in [4.69, 9.17) is 4.74 Å². The van der Waals surface area contributed by atoms with Crippen molar-refractivity contribution in [3.05, 3.63) is 46.2 Å². The Morgan fingerprint density at radius 1 is 1.28 bits per heavy atom. The zero-order valence-electron chi connectivity index (χ0n) is 13.6. The maximum atomic E-state index is 13.2. The van der Waals surface area contributed by atoms with Gasteiger partial charge in [-0.05, 0) is 25.1 Å². The average molecular weight is 365 g/mol. The summed E-state index contributed by atoms with van der Waals surface area (Å²) in [4.78, 5) is 39.3. The zero-order chi connectivity index (χ0) is 18.4. The van der Waals surface area contributed by atoms with Gasteiger partial charge in [0.1, 0.15) is 17.3 Å². The molecule has 0 unspecified atom stereocenters. The van der Waals surface area contributed by atoms with Gasteiger partial charge in [-0.15, -0.1) is 0 Å². The zero-order valence-corrected chi connectivity index (χ0v) is 14.4. The van der Waals surface area contributed by atoms with Gasteiger partial charge in [-0.3, -0.25) is 19.7 Å². The summed E-state index contributed by atoms with van der Waals surface area (Å²) in [6.07, 6.45) is 0. The maximum absolute atomic E-state index is 13.2. The van der Waals surface area contributed by atoms with Gasteiger partial charge >= 0.3 is 5.97 Å². The average Bonchev–Trinajstić information content (AvgIpc) is 2.91. The normalized spacial score (nSPS) is 10.2.